The maximum Gasteiger partial charge on any atom is 0.161 e. The van der Waals surface area contributed by atoms with E-state index in [-0.39, 0.29) is 5.82 Å². The van der Waals surface area contributed by atoms with Crippen molar-refractivity contribution in [1.82, 2.24) is 9.97 Å². The first-order valence-electron chi connectivity index (χ1n) is 5.74. The van der Waals surface area contributed by atoms with Gasteiger partial charge in [-0.15, -0.1) is 0 Å². The van der Waals surface area contributed by atoms with Crippen molar-refractivity contribution in [3.05, 3.63) is 43.8 Å². The third-order valence-corrected chi connectivity index (χ3v) is 4.66. The predicted octanol–water partition coefficient (Wildman–Crippen LogP) is 5.34. The maximum atomic E-state index is 13.4. The highest BCUT2D eigenvalue weighted by atomic mass is 79.9. The van der Waals surface area contributed by atoms with Crippen molar-refractivity contribution in [3.8, 4) is 11.4 Å². The van der Waals surface area contributed by atoms with Crippen LogP contribution in [0.2, 0.25) is 5.15 Å². The lowest BCUT2D eigenvalue weighted by atomic mass is 10.2. The highest BCUT2D eigenvalue weighted by molar-refractivity contribution is 9.10. The van der Waals surface area contributed by atoms with Gasteiger partial charge in [-0.1, -0.05) is 27.5 Å². The van der Waals surface area contributed by atoms with Gasteiger partial charge in [-0.05, 0) is 47.0 Å². The first kappa shape index (κ1) is 13.5. The van der Waals surface area contributed by atoms with Crippen LogP contribution in [0, 0.1) is 5.82 Å². The van der Waals surface area contributed by atoms with Crippen molar-refractivity contribution in [3.63, 3.8) is 0 Å². The molecule has 0 saturated heterocycles. The van der Waals surface area contributed by atoms with Crippen LogP contribution in [-0.2, 0) is 0 Å². The molecular formula is C13H8Br2ClFN2. The minimum Gasteiger partial charge on any atom is -0.231 e. The molecule has 0 N–H and O–H groups in total. The Kier molecular flexibility index (Phi) is 3.62. The average molecular weight is 406 g/mol. The molecule has 19 heavy (non-hydrogen) atoms. The van der Waals surface area contributed by atoms with Gasteiger partial charge < -0.3 is 0 Å². The van der Waals surface area contributed by atoms with E-state index in [2.05, 4.69) is 41.8 Å². The Morgan fingerprint density at radius 3 is 2.53 bits per heavy atom. The summed E-state index contributed by atoms with van der Waals surface area (Å²) in [5, 5.41) is 0.368. The van der Waals surface area contributed by atoms with Crippen LogP contribution in [-0.4, -0.2) is 9.97 Å². The fourth-order valence-electron chi connectivity index (χ4n) is 1.88. The second-order valence-electron chi connectivity index (χ2n) is 4.47. The van der Waals surface area contributed by atoms with Crippen molar-refractivity contribution in [1.29, 1.82) is 0 Å². The van der Waals surface area contributed by atoms with Gasteiger partial charge in [-0.25, -0.2) is 14.4 Å². The van der Waals surface area contributed by atoms with Crippen LogP contribution in [0.15, 0.2) is 27.1 Å². The zero-order valence-electron chi connectivity index (χ0n) is 9.63. The van der Waals surface area contributed by atoms with Crippen molar-refractivity contribution >= 4 is 43.5 Å². The van der Waals surface area contributed by atoms with Crippen LogP contribution in [0.3, 0.4) is 0 Å². The molecule has 1 aromatic heterocycles. The summed E-state index contributed by atoms with van der Waals surface area (Å²) in [4.78, 5) is 8.73. The van der Waals surface area contributed by atoms with E-state index in [4.69, 9.17) is 11.6 Å². The summed E-state index contributed by atoms with van der Waals surface area (Å²) >= 11 is 12.8. The number of aromatic nitrogens is 2. The monoisotopic (exact) mass is 404 g/mol. The Hall–Kier alpha value is -0.520. The second kappa shape index (κ2) is 5.11. The number of nitrogens with zero attached hydrogens (tertiary/aromatic N) is 2. The predicted molar refractivity (Wildman–Crippen MR) is 79.8 cm³/mol. The lowest BCUT2D eigenvalue weighted by Gasteiger charge is -2.08. The molecule has 2 aromatic rings. The topological polar surface area (TPSA) is 25.8 Å². The van der Waals surface area contributed by atoms with Crippen LogP contribution in [0.25, 0.3) is 11.4 Å². The fraction of sp³-hybridized carbons (Fsp3) is 0.231. The van der Waals surface area contributed by atoms with Gasteiger partial charge in [0.15, 0.2) is 5.82 Å². The molecule has 1 aromatic carbocycles. The number of halogens is 4. The molecule has 0 unspecified atom stereocenters. The van der Waals surface area contributed by atoms with Gasteiger partial charge in [0, 0.05) is 16.0 Å². The summed E-state index contributed by atoms with van der Waals surface area (Å²) in [6.45, 7) is 0. The first-order valence-corrected chi connectivity index (χ1v) is 7.70. The Bertz CT molecular complexity index is 639. The SMILES string of the molecule is Fc1cc(Br)cc(-c2nc(Cl)c(Br)c(C3CC3)n2)c1. The summed E-state index contributed by atoms with van der Waals surface area (Å²) in [6.07, 6.45) is 2.22. The quantitative estimate of drug-likeness (QED) is 0.630. The molecule has 0 amide bonds. The number of hydrogen-bond donors (Lipinski definition) is 0. The van der Waals surface area contributed by atoms with Gasteiger partial charge in [0.1, 0.15) is 11.0 Å². The van der Waals surface area contributed by atoms with Crippen molar-refractivity contribution in [2.75, 3.05) is 0 Å². The van der Waals surface area contributed by atoms with Crippen LogP contribution in [0.1, 0.15) is 24.5 Å². The van der Waals surface area contributed by atoms with E-state index in [0.717, 1.165) is 23.0 Å². The molecular weight excluding hydrogens is 398 g/mol. The molecule has 0 radical (unpaired) electrons. The molecule has 1 aliphatic rings. The average Bonchev–Trinajstić information content (AvgIpc) is 3.15. The van der Waals surface area contributed by atoms with Crippen molar-refractivity contribution < 1.29 is 4.39 Å². The molecule has 1 aliphatic carbocycles. The summed E-state index contributed by atoms with van der Waals surface area (Å²) in [5.41, 5.74) is 1.53. The lowest BCUT2D eigenvalue weighted by Crippen LogP contribution is -1.97. The van der Waals surface area contributed by atoms with Gasteiger partial charge in [-0.2, -0.15) is 0 Å². The Morgan fingerprint density at radius 2 is 1.89 bits per heavy atom. The summed E-state index contributed by atoms with van der Waals surface area (Å²) in [5.74, 6) is 0.556. The highest BCUT2D eigenvalue weighted by Crippen LogP contribution is 2.44. The van der Waals surface area contributed by atoms with Gasteiger partial charge in [0.2, 0.25) is 0 Å². The summed E-state index contributed by atoms with van der Waals surface area (Å²) in [7, 11) is 0. The van der Waals surface area contributed by atoms with Crippen molar-refractivity contribution in [2.24, 2.45) is 0 Å². The zero-order chi connectivity index (χ0) is 13.6. The third kappa shape index (κ3) is 2.83. The minimum atomic E-state index is -0.333. The van der Waals surface area contributed by atoms with Gasteiger partial charge >= 0.3 is 0 Å². The Balaban J connectivity index is 2.14. The van der Waals surface area contributed by atoms with E-state index < -0.39 is 0 Å². The van der Waals surface area contributed by atoms with E-state index in [1.165, 1.54) is 12.1 Å². The summed E-state index contributed by atoms with van der Waals surface area (Å²) in [6, 6.07) is 4.58. The van der Waals surface area contributed by atoms with Crippen LogP contribution < -0.4 is 0 Å². The van der Waals surface area contributed by atoms with Crippen LogP contribution in [0.4, 0.5) is 4.39 Å². The van der Waals surface area contributed by atoms with E-state index in [1.807, 2.05) is 0 Å². The van der Waals surface area contributed by atoms with E-state index in [9.17, 15) is 4.39 Å². The number of hydrogen-bond acceptors (Lipinski definition) is 2. The Labute approximate surface area is 131 Å². The second-order valence-corrected chi connectivity index (χ2v) is 6.54. The molecule has 2 nitrogen and oxygen atoms in total. The van der Waals surface area contributed by atoms with Crippen LogP contribution >= 0.6 is 43.5 Å². The smallest absolute Gasteiger partial charge is 0.161 e. The highest BCUT2D eigenvalue weighted by Gasteiger charge is 2.29. The lowest BCUT2D eigenvalue weighted by molar-refractivity contribution is 0.627. The molecule has 6 heteroatoms. The largest absolute Gasteiger partial charge is 0.231 e. The number of benzene rings is 1. The molecule has 0 atom stereocenters. The number of rotatable bonds is 2. The molecule has 0 spiro atoms. The zero-order valence-corrected chi connectivity index (χ0v) is 13.6. The van der Waals surface area contributed by atoms with E-state index >= 15 is 0 Å². The van der Waals surface area contributed by atoms with Gasteiger partial charge in [0.25, 0.3) is 0 Å². The van der Waals surface area contributed by atoms with E-state index in [0.29, 0.717) is 26.9 Å². The maximum absolute atomic E-state index is 13.4. The minimum absolute atomic E-state index is 0.333. The summed E-state index contributed by atoms with van der Waals surface area (Å²) < 4.78 is 14.8. The molecule has 98 valence electrons. The van der Waals surface area contributed by atoms with Crippen molar-refractivity contribution in [2.45, 2.75) is 18.8 Å². The fourth-order valence-corrected chi connectivity index (χ4v) is 3.02. The van der Waals surface area contributed by atoms with Gasteiger partial charge in [0.05, 0.1) is 10.2 Å². The Morgan fingerprint density at radius 1 is 1.16 bits per heavy atom. The third-order valence-electron chi connectivity index (χ3n) is 2.92. The molecule has 1 saturated carbocycles. The standard InChI is InChI=1S/C13H8Br2ClFN2/c14-8-3-7(4-9(17)5-8)13-18-11(6-1-2-6)10(15)12(16)19-13/h3-6H,1-2H2. The molecule has 0 aliphatic heterocycles. The molecule has 1 fully saturated rings. The molecule has 1 heterocycles. The first-order chi connectivity index (χ1) is 9.04. The van der Waals surface area contributed by atoms with E-state index in [1.54, 1.807) is 6.07 Å². The van der Waals surface area contributed by atoms with Gasteiger partial charge in [-0.3, -0.25) is 0 Å². The molecule has 0 bridgehead atoms. The normalized spacial score (nSPS) is 14.7. The van der Waals surface area contributed by atoms with Crippen LogP contribution in [0.5, 0.6) is 0 Å². The molecule has 3 rings (SSSR count).